The molecule has 2 aromatic heterocycles. The molecule has 0 spiro atoms. The molecule has 1 saturated heterocycles. The van der Waals surface area contributed by atoms with Crippen molar-refractivity contribution in [1.82, 2.24) is 24.4 Å². The van der Waals surface area contributed by atoms with E-state index in [1.807, 2.05) is 19.1 Å². The van der Waals surface area contributed by atoms with Gasteiger partial charge >= 0.3 is 0 Å². The lowest BCUT2D eigenvalue weighted by atomic mass is 10.0. The van der Waals surface area contributed by atoms with E-state index in [1.165, 1.54) is 11.3 Å². The van der Waals surface area contributed by atoms with Crippen LogP contribution in [0.3, 0.4) is 0 Å². The Morgan fingerprint density at radius 3 is 2.70 bits per heavy atom. The fraction of sp³-hybridized carbons (Fsp3) is 0.474. The molecule has 8 heteroatoms. The number of likely N-dealkylation sites (N-methyl/N-ethyl adjacent to an activating group) is 1. The number of ether oxygens (including phenoxy) is 1. The van der Waals surface area contributed by atoms with E-state index in [-0.39, 0.29) is 11.9 Å². The summed E-state index contributed by atoms with van der Waals surface area (Å²) in [6.45, 7) is 9.05. The Morgan fingerprint density at radius 1 is 1.26 bits per heavy atom. The molecule has 144 valence electrons. The second-order valence-corrected chi connectivity index (χ2v) is 7.80. The van der Waals surface area contributed by atoms with E-state index in [0.717, 1.165) is 53.9 Å². The number of hydrogen-bond acceptors (Lipinski definition) is 7. The Labute approximate surface area is 162 Å². The van der Waals surface area contributed by atoms with Crippen LogP contribution < -0.4 is 4.74 Å². The average molecular weight is 388 g/mol. The number of thiazole rings is 1. The minimum Gasteiger partial charge on any atom is -0.497 e. The molecular weight excluding hydrogens is 362 g/mol. The third kappa shape index (κ3) is 3.40. The van der Waals surface area contributed by atoms with Gasteiger partial charge in [-0.3, -0.25) is 4.90 Å². The topological polar surface area (TPSA) is 66.1 Å². The zero-order chi connectivity index (χ0) is 19.0. The first kappa shape index (κ1) is 18.2. The fourth-order valence-electron chi connectivity index (χ4n) is 3.70. The molecule has 0 bridgehead atoms. The number of hydrogen-bond donors (Lipinski definition) is 1. The third-order valence-corrected chi connectivity index (χ3v) is 6.26. The first-order valence-electron chi connectivity index (χ1n) is 9.26. The maximum Gasteiger partial charge on any atom is 0.230 e. The van der Waals surface area contributed by atoms with Gasteiger partial charge in [-0.05, 0) is 31.2 Å². The number of aromatic hydroxyl groups is 1. The van der Waals surface area contributed by atoms with Crippen LogP contribution in [0.25, 0.3) is 4.96 Å². The monoisotopic (exact) mass is 387 g/mol. The zero-order valence-electron chi connectivity index (χ0n) is 15.9. The molecule has 0 amide bonds. The predicted octanol–water partition coefficient (Wildman–Crippen LogP) is 2.54. The summed E-state index contributed by atoms with van der Waals surface area (Å²) in [5.41, 5.74) is 1.11. The number of nitrogens with zero attached hydrogens (tertiary/aromatic N) is 5. The van der Waals surface area contributed by atoms with Crippen molar-refractivity contribution in [3.05, 3.63) is 40.5 Å². The molecule has 0 radical (unpaired) electrons. The summed E-state index contributed by atoms with van der Waals surface area (Å²) in [4.78, 5) is 10.9. The molecule has 4 rings (SSSR count). The van der Waals surface area contributed by atoms with Crippen molar-refractivity contribution in [2.24, 2.45) is 0 Å². The van der Waals surface area contributed by atoms with Crippen molar-refractivity contribution in [3.63, 3.8) is 0 Å². The molecule has 0 unspecified atom stereocenters. The Morgan fingerprint density at radius 2 is 2.04 bits per heavy atom. The van der Waals surface area contributed by atoms with Crippen molar-refractivity contribution in [2.45, 2.75) is 19.9 Å². The fourth-order valence-corrected chi connectivity index (χ4v) is 4.87. The molecule has 3 aromatic rings. The average Bonchev–Trinajstić information content (AvgIpc) is 3.20. The largest absolute Gasteiger partial charge is 0.497 e. The highest BCUT2D eigenvalue weighted by atomic mass is 32.1. The smallest absolute Gasteiger partial charge is 0.230 e. The Balaban J connectivity index is 1.77. The number of piperazine rings is 1. The van der Waals surface area contributed by atoms with Gasteiger partial charge in [0.05, 0.1) is 18.0 Å². The van der Waals surface area contributed by atoms with E-state index in [1.54, 1.807) is 11.6 Å². The Hall–Kier alpha value is -2.16. The highest BCUT2D eigenvalue weighted by Gasteiger charge is 2.31. The number of aryl methyl sites for hydroxylation is 1. The molecule has 1 fully saturated rings. The van der Waals surface area contributed by atoms with E-state index in [0.29, 0.717) is 5.82 Å². The molecule has 7 nitrogen and oxygen atoms in total. The van der Waals surface area contributed by atoms with Crippen LogP contribution in [0.15, 0.2) is 24.3 Å². The molecule has 1 N–H and O–H groups in total. The quantitative estimate of drug-likeness (QED) is 0.726. The summed E-state index contributed by atoms with van der Waals surface area (Å²) in [5.74, 6) is 1.67. The van der Waals surface area contributed by atoms with E-state index in [9.17, 15) is 5.11 Å². The summed E-state index contributed by atoms with van der Waals surface area (Å²) in [6, 6.07) is 8.05. The predicted molar refractivity (Wildman–Crippen MR) is 106 cm³/mol. The molecule has 27 heavy (non-hydrogen) atoms. The van der Waals surface area contributed by atoms with E-state index in [2.05, 4.69) is 38.9 Å². The van der Waals surface area contributed by atoms with Crippen molar-refractivity contribution in [1.29, 1.82) is 0 Å². The van der Waals surface area contributed by atoms with Crippen LogP contribution in [0.4, 0.5) is 0 Å². The number of fused-ring (bicyclic) bond motifs is 1. The lowest BCUT2D eigenvalue weighted by Gasteiger charge is -2.38. The van der Waals surface area contributed by atoms with Gasteiger partial charge in [-0.1, -0.05) is 30.4 Å². The minimum atomic E-state index is -0.0482. The van der Waals surface area contributed by atoms with Gasteiger partial charge in [-0.25, -0.2) is 4.98 Å². The molecule has 1 aromatic carbocycles. The summed E-state index contributed by atoms with van der Waals surface area (Å²) in [6.07, 6.45) is 0. The molecule has 1 aliphatic heterocycles. The van der Waals surface area contributed by atoms with Gasteiger partial charge < -0.3 is 14.7 Å². The normalized spacial score (nSPS) is 17.4. The van der Waals surface area contributed by atoms with Gasteiger partial charge in [0, 0.05) is 26.2 Å². The second kappa shape index (κ2) is 7.46. The molecule has 0 aliphatic carbocycles. The zero-order valence-corrected chi connectivity index (χ0v) is 16.7. The molecule has 1 aliphatic rings. The molecule has 3 heterocycles. The summed E-state index contributed by atoms with van der Waals surface area (Å²) >= 11 is 1.50. The molecule has 1 atom stereocenters. The van der Waals surface area contributed by atoms with Crippen molar-refractivity contribution in [2.75, 3.05) is 39.8 Å². The second-order valence-electron chi connectivity index (χ2n) is 6.79. The van der Waals surface area contributed by atoms with Crippen LogP contribution in [-0.2, 0) is 0 Å². The van der Waals surface area contributed by atoms with Gasteiger partial charge in [0.1, 0.15) is 11.6 Å². The van der Waals surface area contributed by atoms with Crippen molar-refractivity contribution >= 4 is 16.3 Å². The Kier molecular flexibility index (Phi) is 5.03. The number of methoxy groups -OCH3 is 1. The van der Waals surface area contributed by atoms with Gasteiger partial charge in [0.15, 0.2) is 0 Å². The highest BCUT2D eigenvalue weighted by Crippen LogP contribution is 2.40. The summed E-state index contributed by atoms with van der Waals surface area (Å²) < 4.78 is 6.98. The van der Waals surface area contributed by atoms with Crippen LogP contribution in [0.1, 0.15) is 29.2 Å². The highest BCUT2D eigenvalue weighted by molar-refractivity contribution is 7.17. The first-order chi connectivity index (χ1) is 13.1. The van der Waals surface area contributed by atoms with Crippen molar-refractivity contribution in [3.8, 4) is 11.6 Å². The van der Waals surface area contributed by atoms with Gasteiger partial charge in [0.2, 0.25) is 10.8 Å². The van der Waals surface area contributed by atoms with Crippen LogP contribution in [-0.4, -0.2) is 69.3 Å². The molecular formula is C19H25N5O2S. The first-order valence-corrected chi connectivity index (χ1v) is 10.1. The van der Waals surface area contributed by atoms with Crippen LogP contribution in [0.2, 0.25) is 0 Å². The van der Waals surface area contributed by atoms with E-state index in [4.69, 9.17) is 4.74 Å². The van der Waals surface area contributed by atoms with Crippen molar-refractivity contribution < 1.29 is 9.84 Å². The van der Waals surface area contributed by atoms with E-state index >= 15 is 0 Å². The van der Waals surface area contributed by atoms with Crippen LogP contribution >= 0.6 is 11.3 Å². The van der Waals surface area contributed by atoms with E-state index < -0.39 is 0 Å². The Bertz CT molecular complexity index is 929. The van der Waals surface area contributed by atoms with Gasteiger partial charge in [0.25, 0.3) is 0 Å². The van der Waals surface area contributed by atoms with Crippen LogP contribution in [0, 0.1) is 6.92 Å². The number of benzene rings is 1. The maximum atomic E-state index is 10.9. The minimum absolute atomic E-state index is 0.0482. The third-order valence-electron chi connectivity index (χ3n) is 5.18. The number of rotatable bonds is 5. The lowest BCUT2D eigenvalue weighted by Crippen LogP contribution is -2.47. The van der Waals surface area contributed by atoms with Gasteiger partial charge in [-0.15, -0.1) is 5.10 Å². The summed E-state index contributed by atoms with van der Waals surface area (Å²) in [7, 11) is 1.68. The summed E-state index contributed by atoms with van der Waals surface area (Å²) in [5, 5.41) is 15.2. The van der Waals surface area contributed by atoms with Gasteiger partial charge in [-0.2, -0.15) is 4.52 Å². The maximum absolute atomic E-state index is 10.9. The lowest BCUT2D eigenvalue weighted by molar-refractivity contribution is 0.113. The van der Waals surface area contributed by atoms with Crippen LogP contribution in [0.5, 0.6) is 11.6 Å². The molecule has 0 saturated carbocycles. The standard InChI is InChI=1S/C19H25N5O2S/c1-4-22-8-10-23(11-9-22)16(14-6-5-7-15(12-14)26-3)17-18(25)24-19(27-17)20-13(2)21-24/h5-7,12,16,25H,4,8-11H2,1-3H3/t16-/m0/s1. The number of aromatic nitrogens is 3. The SMILES string of the molecule is CCN1CCN([C@@H](c2cccc(OC)c2)c2sc3nc(C)nn3c2O)CC1.